The summed E-state index contributed by atoms with van der Waals surface area (Å²) in [6.07, 6.45) is 9.76. The second kappa shape index (κ2) is 7.88. The summed E-state index contributed by atoms with van der Waals surface area (Å²) in [5.74, 6) is 0.0960. The third-order valence-corrected chi connectivity index (χ3v) is 5.12. The van der Waals surface area contributed by atoms with Gasteiger partial charge in [0.15, 0.2) is 0 Å². The molecule has 1 saturated carbocycles. The lowest BCUT2D eigenvalue weighted by molar-refractivity contribution is -0.122. The van der Waals surface area contributed by atoms with Crippen molar-refractivity contribution >= 4 is 5.91 Å². The van der Waals surface area contributed by atoms with E-state index in [2.05, 4.69) is 20.3 Å². The Morgan fingerprint density at radius 2 is 2.00 bits per heavy atom. The summed E-state index contributed by atoms with van der Waals surface area (Å²) in [6, 6.07) is 0. The average molecular weight is 321 g/mol. The van der Waals surface area contributed by atoms with Gasteiger partial charge in [-0.15, -0.1) is 0 Å². The summed E-state index contributed by atoms with van der Waals surface area (Å²) >= 11 is 0. The van der Waals surface area contributed by atoms with E-state index in [-0.39, 0.29) is 11.4 Å². The van der Waals surface area contributed by atoms with Gasteiger partial charge in [-0.3, -0.25) is 14.4 Å². The van der Waals surface area contributed by atoms with Gasteiger partial charge < -0.3 is 10.1 Å². The van der Waals surface area contributed by atoms with Gasteiger partial charge in [0.05, 0.1) is 19.8 Å². The minimum Gasteiger partial charge on any atom is -0.379 e. The topological polar surface area (TPSA) is 72.3 Å². The number of morpholine rings is 1. The van der Waals surface area contributed by atoms with Crippen molar-refractivity contribution in [2.75, 3.05) is 32.8 Å². The molecule has 7 heteroatoms. The highest BCUT2D eigenvalue weighted by Crippen LogP contribution is 2.33. The molecule has 2 aliphatic rings. The Morgan fingerprint density at radius 1 is 1.22 bits per heavy atom. The fourth-order valence-corrected chi connectivity index (χ4v) is 3.77. The number of nitrogens with zero attached hydrogens (tertiary/aromatic N) is 4. The maximum absolute atomic E-state index is 12.2. The molecule has 1 aliphatic carbocycles. The number of aryl methyl sites for hydroxylation is 1. The first-order chi connectivity index (χ1) is 11.3. The van der Waals surface area contributed by atoms with Crippen LogP contribution in [0.5, 0.6) is 0 Å². The molecule has 0 aromatic carbocycles. The molecular formula is C16H27N5O2. The van der Waals surface area contributed by atoms with Crippen molar-refractivity contribution in [3.8, 4) is 0 Å². The summed E-state index contributed by atoms with van der Waals surface area (Å²) < 4.78 is 7.19. The van der Waals surface area contributed by atoms with E-state index in [1.807, 2.05) is 0 Å². The zero-order chi connectivity index (χ0) is 16.0. The molecule has 1 aliphatic heterocycles. The van der Waals surface area contributed by atoms with E-state index in [0.29, 0.717) is 13.0 Å². The first-order valence-corrected chi connectivity index (χ1v) is 8.70. The number of hydrogen-bond donors (Lipinski definition) is 1. The highest BCUT2D eigenvalue weighted by molar-refractivity contribution is 5.75. The van der Waals surface area contributed by atoms with Gasteiger partial charge in [-0.1, -0.05) is 19.3 Å². The van der Waals surface area contributed by atoms with Gasteiger partial charge in [0.25, 0.3) is 0 Å². The van der Waals surface area contributed by atoms with Crippen molar-refractivity contribution in [2.45, 2.75) is 50.6 Å². The van der Waals surface area contributed by atoms with Gasteiger partial charge in [0.1, 0.15) is 12.7 Å². The van der Waals surface area contributed by atoms with Crippen molar-refractivity contribution in [3.63, 3.8) is 0 Å². The number of carbonyl (C=O) groups is 1. The van der Waals surface area contributed by atoms with Gasteiger partial charge in [-0.05, 0) is 12.8 Å². The van der Waals surface area contributed by atoms with Crippen LogP contribution in [0.1, 0.15) is 38.5 Å². The fourth-order valence-electron chi connectivity index (χ4n) is 3.77. The van der Waals surface area contributed by atoms with E-state index in [1.54, 1.807) is 11.0 Å². The molecule has 1 saturated heterocycles. The lowest BCUT2D eigenvalue weighted by Crippen LogP contribution is -2.59. The van der Waals surface area contributed by atoms with Crippen molar-refractivity contribution in [3.05, 3.63) is 12.7 Å². The quantitative estimate of drug-likeness (QED) is 0.840. The summed E-state index contributed by atoms with van der Waals surface area (Å²) in [5.41, 5.74) is 0.130. The molecular weight excluding hydrogens is 294 g/mol. The van der Waals surface area contributed by atoms with E-state index in [0.717, 1.165) is 32.8 Å². The maximum Gasteiger partial charge on any atom is 0.221 e. The van der Waals surface area contributed by atoms with Gasteiger partial charge in [0, 0.05) is 31.6 Å². The van der Waals surface area contributed by atoms with Gasteiger partial charge in [-0.25, -0.2) is 4.98 Å². The minimum absolute atomic E-state index is 0.0960. The van der Waals surface area contributed by atoms with Gasteiger partial charge in [-0.2, -0.15) is 5.10 Å². The Bertz CT molecular complexity index is 479. The highest BCUT2D eigenvalue weighted by Gasteiger charge is 2.38. The summed E-state index contributed by atoms with van der Waals surface area (Å²) in [6.45, 7) is 4.91. The predicted molar refractivity (Wildman–Crippen MR) is 85.9 cm³/mol. The van der Waals surface area contributed by atoms with Crippen LogP contribution >= 0.6 is 0 Å². The Labute approximate surface area is 137 Å². The third kappa shape index (κ3) is 4.29. The molecule has 2 heterocycles. The molecule has 0 unspecified atom stereocenters. The molecule has 128 valence electrons. The largest absolute Gasteiger partial charge is 0.379 e. The third-order valence-electron chi connectivity index (χ3n) is 5.12. The van der Waals surface area contributed by atoms with Crippen LogP contribution in [-0.2, 0) is 16.1 Å². The van der Waals surface area contributed by atoms with Crippen molar-refractivity contribution in [2.24, 2.45) is 0 Å². The van der Waals surface area contributed by atoms with Crippen LogP contribution in [0.2, 0.25) is 0 Å². The Balaban J connectivity index is 1.52. The number of carbonyl (C=O) groups excluding carboxylic acids is 1. The molecule has 3 rings (SSSR count). The smallest absolute Gasteiger partial charge is 0.221 e. The lowest BCUT2D eigenvalue weighted by atomic mass is 9.79. The molecule has 1 N–H and O–H groups in total. The molecule has 0 atom stereocenters. The maximum atomic E-state index is 12.2. The molecule has 0 radical (unpaired) electrons. The molecule has 1 aromatic rings. The number of ether oxygens (including phenoxy) is 1. The van der Waals surface area contributed by atoms with Crippen LogP contribution in [0.15, 0.2) is 12.7 Å². The number of amides is 1. The van der Waals surface area contributed by atoms with Crippen LogP contribution in [-0.4, -0.2) is 64.0 Å². The van der Waals surface area contributed by atoms with E-state index in [1.165, 1.54) is 38.4 Å². The molecule has 1 amide bonds. The standard InChI is InChI=1S/C16H27N5O2/c22-15(4-7-21-14-17-13-19-21)18-12-16(5-2-1-3-6-16)20-8-10-23-11-9-20/h13-14H,1-12H2,(H,18,22). The molecule has 2 fully saturated rings. The van der Waals surface area contributed by atoms with Crippen LogP contribution in [0.3, 0.4) is 0 Å². The Morgan fingerprint density at radius 3 is 2.70 bits per heavy atom. The molecule has 7 nitrogen and oxygen atoms in total. The van der Waals surface area contributed by atoms with Gasteiger partial charge >= 0.3 is 0 Å². The van der Waals surface area contributed by atoms with E-state index >= 15 is 0 Å². The normalized spacial score (nSPS) is 21.9. The number of aromatic nitrogens is 3. The zero-order valence-corrected chi connectivity index (χ0v) is 13.7. The van der Waals surface area contributed by atoms with Crippen molar-refractivity contribution in [1.29, 1.82) is 0 Å². The Kier molecular flexibility index (Phi) is 5.61. The predicted octanol–water partition coefficient (Wildman–Crippen LogP) is 0.820. The second-order valence-electron chi connectivity index (χ2n) is 6.57. The SMILES string of the molecule is O=C(CCn1cncn1)NCC1(N2CCOCC2)CCCCC1. The first-order valence-electron chi connectivity index (χ1n) is 8.70. The van der Waals surface area contributed by atoms with Crippen LogP contribution in [0.4, 0.5) is 0 Å². The lowest BCUT2D eigenvalue weighted by Gasteiger charge is -2.48. The van der Waals surface area contributed by atoms with Crippen LogP contribution in [0, 0.1) is 0 Å². The first kappa shape index (κ1) is 16.4. The molecule has 0 bridgehead atoms. The number of rotatable bonds is 6. The van der Waals surface area contributed by atoms with Crippen LogP contribution in [0.25, 0.3) is 0 Å². The van der Waals surface area contributed by atoms with Crippen molar-refractivity contribution in [1.82, 2.24) is 25.0 Å². The van der Waals surface area contributed by atoms with E-state index in [4.69, 9.17) is 4.74 Å². The molecule has 1 aromatic heterocycles. The second-order valence-corrected chi connectivity index (χ2v) is 6.57. The summed E-state index contributed by atoms with van der Waals surface area (Å²) in [4.78, 5) is 18.6. The highest BCUT2D eigenvalue weighted by atomic mass is 16.5. The van der Waals surface area contributed by atoms with E-state index in [9.17, 15) is 4.79 Å². The van der Waals surface area contributed by atoms with Crippen molar-refractivity contribution < 1.29 is 9.53 Å². The summed E-state index contributed by atoms with van der Waals surface area (Å²) in [7, 11) is 0. The zero-order valence-electron chi connectivity index (χ0n) is 13.7. The number of nitrogens with one attached hydrogen (secondary N) is 1. The minimum atomic E-state index is 0.0960. The Hall–Kier alpha value is -1.47. The molecule has 23 heavy (non-hydrogen) atoms. The van der Waals surface area contributed by atoms with Gasteiger partial charge in [0.2, 0.25) is 5.91 Å². The fraction of sp³-hybridized carbons (Fsp3) is 0.812. The van der Waals surface area contributed by atoms with Crippen LogP contribution < -0.4 is 5.32 Å². The molecule has 0 spiro atoms. The average Bonchev–Trinajstić information content (AvgIpc) is 3.13. The monoisotopic (exact) mass is 321 g/mol. The number of hydrogen-bond acceptors (Lipinski definition) is 5. The summed E-state index contributed by atoms with van der Waals surface area (Å²) in [5, 5.41) is 7.20. The van der Waals surface area contributed by atoms with E-state index < -0.39 is 0 Å².